The van der Waals surface area contributed by atoms with Gasteiger partial charge in [0.2, 0.25) is 0 Å². The summed E-state index contributed by atoms with van der Waals surface area (Å²) in [6.45, 7) is 4.58. The zero-order chi connectivity index (χ0) is 39.2. The molecule has 0 aliphatic carbocycles. The number of nitrogens with zero attached hydrogens (tertiary/aromatic N) is 2. The summed E-state index contributed by atoms with van der Waals surface area (Å²) < 4.78 is 5.71. The van der Waals surface area contributed by atoms with Crippen molar-refractivity contribution in [3.63, 3.8) is 0 Å². The number of rotatable bonds is 26. The molecule has 2 aliphatic heterocycles. The van der Waals surface area contributed by atoms with Gasteiger partial charge in [-0.2, -0.15) is 0 Å². The van der Waals surface area contributed by atoms with Crippen LogP contribution in [0.1, 0.15) is 141 Å². The fourth-order valence-electron chi connectivity index (χ4n) is 6.37. The Balaban J connectivity index is 1.24. The van der Waals surface area contributed by atoms with E-state index in [4.69, 9.17) is 9.98 Å². The molecule has 2 heterocycles. The van der Waals surface area contributed by atoms with E-state index in [1.807, 2.05) is 83.4 Å². The number of thioether (sulfide) groups is 6. The zero-order valence-corrected chi connectivity index (χ0v) is 38.2. The van der Waals surface area contributed by atoms with Crippen molar-refractivity contribution in [3.8, 4) is 11.5 Å². The molecule has 302 valence electrons. The number of aliphatic imine (C=N–C) groups is 2. The molecule has 0 atom stereocenters. The van der Waals surface area contributed by atoms with Gasteiger partial charge in [0.15, 0.2) is 0 Å². The van der Waals surface area contributed by atoms with E-state index in [9.17, 15) is 10.2 Å². The maximum atomic E-state index is 10.4. The maximum absolute atomic E-state index is 10.4. The minimum absolute atomic E-state index is 0.189. The smallest absolute Gasteiger partial charge is 0.124 e. The highest BCUT2D eigenvalue weighted by atomic mass is 32.3. The molecule has 3 aromatic rings. The number of benzene rings is 3. The molecular formula is C46H60N2O2S6. The number of phenolic OH excluding ortho intramolecular Hbond substituents is 2. The van der Waals surface area contributed by atoms with Crippen molar-refractivity contribution in [3.05, 3.63) is 88.7 Å². The highest BCUT2D eigenvalue weighted by molar-refractivity contribution is 8.42. The molecular weight excluding hydrogens is 805 g/mol. The summed E-state index contributed by atoms with van der Waals surface area (Å²) in [5.74, 6) is 2.77. The molecule has 0 saturated heterocycles. The Morgan fingerprint density at radius 3 is 1.23 bits per heavy atom. The Morgan fingerprint density at radius 1 is 0.482 bits per heavy atom. The van der Waals surface area contributed by atoms with Crippen molar-refractivity contribution in [2.75, 3.05) is 11.5 Å². The van der Waals surface area contributed by atoms with Crippen LogP contribution in [0.2, 0.25) is 0 Å². The third-order valence-corrected chi connectivity index (χ3v) is 18.4. The molecule has 2 aliphatic rings. The van der Waals surface area contributed by atoms with Gasteiger partial charge in [-0.15, -0.1) is 23.5 Å². The summed E-state index contributed by atoms with van der Waals surface area (Å²) in [5, 5.41) is 20.8. The number of para-hydroxylation sites is 2. The van der Waals surface area contributed by atoms with Crippen molar-refractivity contribution in [2.45, 2.75) is 139 Å². The van der Waals surface area contributed by atoms with Crippen LogP contribution < -0.4 is 0 Å². The fourth-order valence-corrected chi connectivity index (χ4v) is 15.2. The number of unbranched alkanes of at least 4 members (excludes halogenated alkanes) is 16. The van der Waals surface area contributed by atoms with Gasteiger partial charge in [0.05, 0.1) is 28.3 Å². The topological polar surface area (TPSA) is 65.2 Å². The molecule has 10 heteroatoms. The first-order valence-electron chi connectivity index (χ1n) is 20.8. The van der Waals surface area contributed by atoms with Gasteiger partial charge in [-0.3, -0.25) is 9.98 Å². The van der Waals surface area contributed by atoms with Crippen LogP contribution in [0.3, 0.4) is 0 Å². The van der Waals surface area contributed by atoms with Crippen LogP contribution in [-0.2, 0) is 0 Å². The summed E-state index contributed by atoms with van der Waals surface area (Å²) in [4.78, 5) is 12.0. The van der Waals surface area contributed by atoms with E-state index in [0.717, 1.165) is 11.4 Å². The Kier molecular flexibility index (Phi) is 21.3. The summed E-state index contributed by atoms with van der Waals surface area (Å²) in [6, 6.07) is 18.7. The Morgan fingerprint density at radius 2 is 0.839 bits per heavy atom. The lowest BCUT2D eigenvalue weighted by Crippen LogP contribution is -1.85. The number of hydrogen-bond acceptors (Lipinski definition) is 10. The fraction of sp³-hybridized carbons (Fsp3) is 0.478. The first kappa shape index (κ1) is 45.3. The van der Waals surface area contributed by atoms with Crippen LogP contribution in [-0.4, -0.2) is 34.1 Å². The minimum atomic E-state index is 0.189. The first-order chi connectivity index (χ1) is 27.6. The lowest BCUT2D eigenvalue weighted by molar-refractivity contribution is 0.474. The summed E-state index contributed by atoms with van der Waals surface area (Å²) >= 11 is 11.8. The molecule has 0 radical (unpaired) electrons. The SMILES string of the molecule is CCCCCCCCCCCSC1=C(SCCCCCCCCCCC)SC(=C2Sc3cc(N=Cc4ccccc4O)c(N=Cc4ccccc4O)cc3S2)S1. The summed E-state index contributed by atoms with van der Waals surface area (Å²) in [5.41, 5.74) is 2.74. The second-order valence-electron chi connectivity index (χ2n) is 14.3. The molecule has 0 fully saturated rings. The predicted molar refractivity (Wildman–Crippen MR) is 257 cm³/mol. The van der Waals surface area contributed by atoms with Crippen LogP contribution in [0.15, 0.2) is 97.4 Å². The molecule has 3 aromatic carbocycles. The Labute approximate surface area is 362 Å². The largest absolute Gasteiger partial charge is 0.507 e. The molecule has 0 unspecified atom stereocenters. The molecule has 0 bridgehead atoms. The lowest BCUT2D eigenvalue weighted by Gasteiger charge is -2.06. The van der Waals surface area contributed by atoms with Crippen molar-refractivity contribution >= 4 is 94.4 Å². The first-order valence-corrected chi connectivity index (χ1v) is 26.1. The zero-order valence-electron chi connectivity index (χ0n) is 33.3. The number of hydrogen-bond donors (Lipinski definition) is 2. The highest BCUT2D eigenvalue weighted by Gasteiger charge is 2.30. The standard InChI is InChI=1S/C46H60N2O2S6/c1-3-5-7-9-11-13-15-17-23-29-51-43-44(52-30-24-18-16-14-12-10-8-6-4-2)56-46(55-43)45-53-41-31-37(47-33-35-25-19-21-27-39(35)49)38(32-42(41)54-45)48-34-36-26-20-22-28-40(36)50/h19-22,25-28,31-34,49-50H,3-18,23-24,29-30H2,1-2H3. The van der Waals surface area contributed by atoms with E-state index in [2.05, 4.69) is 49.5 Å². The van der Waals surface area contributed by atoms with Crippen molar-refractivity contribution in [2.24, 2.45) is 9.98 Å². The quantitative estimate of drug-likeness (QED) is 0.0611. The lowest BCUT2D eigenvalue weighted by atomic mass is 10.1. The van der Waals surface area contributed by atoms with Crippen LogP contribution in [0.4, 0.5) is 11.4 Å². The number of phenols is 2. The second kappa shape index (κ2) is 26.3. The van der Waals surface area contributed by atoms with E-state index in [-0.39, 0.29) is 11.5 Å². The second-order valence-corrected chi connectivity index (χ2v) is 21.7. The van der Waals surface area contributed by atoms with Crippen LogP contribution in [0.5, 0.6) is 11.5 Å². The molecule has 0 amide bonds. The maximum Gasteiger partial charge on any atom is 0.124 e. The third-order valence-electron chi connectivity index (χ3n) is 9.67. The number of fused-ring (bicyclic) bond motifs is 1. The third kappa shape index (κ3) is 15.4. The van der Waals surface area contributed by atoms with Crippen molar-refractivity contribution in [1.82, 2.24) is 0 Å². The predicted octanol–water partition coefficient (Wildman–Crippen LogP) is 17.1. The molecule has 0 aromatic heterocycles. The molecule has 2 N–H and O–H groups in total. The summed E-state index contributed by atoms with van der Waals surface area (Å²) in [6.07, 6.45) is 28.0. The molecule has 0 saturated carbocycles. The molecule has 56 heavy (non-hydrogen) atoms. The van der Waals surface area contributed by atoms with Gasteiger partial charge in [0.1, 0.15) is 11.5 Å². The normalized spacial score (nSPS) is 14.3. The highest BCUT2D eigenvalue weighted by Crippen LogP contribution is 2.65. The van der Waals surface area contributed by atoms with Gasteiger partial charge in [-0.05, 0) is 60.7 Å². The Hall–Kier alpha value is -1.82. The van der Waals surface area contributed by atoms with Gasteiger partial charge in [-0.1, -0.05) is 188 Å². The van der Waals surface area contributed by atoms with Crippen molar-refractivity contribution < 1.29 is 10.2 Å². The van der Waals surface area contributed by atoms with Gasteiger partial charge in [0.25, 0.3) is 0 Å². The molecule has 0 spiro atoms. The molecule has 5 rings (SSSR count). The van der Waals surface area contributed by atoms with Crippen molar-refractivity contribution in [1.29, 1.82) is 0 Å². The van der Waals surface area contributed by atoms with Gasteiger partial charge >= 0.3 is 0 Å². The number of aromatic hydroxyl groups is 2. The van der Waals surface area contributed by atoms with E-state index in [0.29, 0.717) is 11.1 Å². The van der Waals surface area contributed by atoms with E-state index in [1.54, 1.807) is 24.6 Å². The van der Waals surface area contributed by atoms with Crippen LogP contribution in [0.25, 0.3) is 0 Å². The molecule has 4 nitrogen and oxygen atoms in total. The van der Waals surface area contributed by atoms with E-state index < -0.39 is 0 Å². The minimum Gasteiger partial charge on any atom is -0.507 e. The average molecular weight is 865 g/mol. The van der Waals surface area contributed by atoms with E-state index >= 15 is 0 Å². The van der Waals surface area contributed by atoms with Crippen LogP contribution >= 0.6 is 70.6 Å². The summed E-state index contributed by atoms with van der Waals surface area (Å²) in [7, 11) is 0. The van der Waals surface area contributed by atoms with Gasteiger partial charge in [0, 0.05) is 33.3 Å². The van der Waals surface area contributed by atoms with Crippen LogP contribution in [0, 0.1) is 0 Å². The van der Waals surface area contributed by atoms with E-state index in [1.165, 1.54) is 154 Å². The van der Waals surface area contributed by atoms with Gasteiger partial charge < -0.3 is 10.2 Å². The van der Waals surface area contributed by atoms with Gasteiger partial charge in [-0.25, -0.2) is 0 Å². The average Bonchev–Trinajstić information content (AvgIpc) is 3.82. The monoisotopic (exact) mass is 864 g/mol. The Bertz CT molecular complexity index is 1660.